The van der Waals surface area contributed by atoms with Crippen molar-refractivity contribution in [2.24, 2.45) is 5.92 Å². The lowest BCUT2D eigenvalue weighted by Crippen LogP contribution is -2.31. The summed E-state index contributed by atoms with van der Waals surface area (Å²) in [5, 5.41) is 2.39. The summed E-state index contributed by atoms with van der Waals surface area (Å²) in [7, 11) is 0. The highest BCUT2D eigenvalue weighted by Crippen LogP contribution is 2.31. The highest BCUT2D eigenvalue weighted by Gasteiger charge is 2.36. The molecule has 1 N–H and O–H groups in total. The van der Waals surface area contributed by atoms with E-state index in [2.05, 4.69) is 5.32 Å². The van der Waals surface area contributed by atoms with E-state index in [1.54, 1.807) is 0 Å². The molecule has 8 heteroatoms. The number of benzene rings is 2. The lowest BCUT2D eigenvalue weighted by Gasteiger charge is -2.14. The molecule has 5 nitrogen and oxygen atoms in total. The number of rotatable bonds is 5. The predicted molar refractivity (Wildman–Crippen MR) is 101 cm³/mol. The van der Waals surface area contributed by atoms with E-state index < -0.39 is 29.5 Å². The molecule has 2 aromatic rings. The van der Waals surface area contributed by atoms with Crippen LogP contribution in [0.15, 0.2) is 42.5 Å². The van der Waals surface area contributed by atoms with E-state index in [0.29, 0.717) is 12.3 Å². The third-order valence-electron chi connectivity index (χ3n) is 4.61. The molecule has 0 fully saturated rings. The van der Waals surface area contributed by atoms with Crippen molar-refractivity contribution < 1.29 is 27.6 Å². The molecule has 1 aliphatic heterocycles. The highest BCUT2D eigenvalue weighted by atomic mass is 19.4. The van der Waals surface area contributed by atoms with Crippen LogP contribution in [0.2, 0.25) is 0 Å². The zero-order chi connectivity index (χ0) is 21.3. The average molecular weight is 404 g/mol. The summed E-state index contributed by atoms with van der Waals surface area (Å²) in [5.41, 5.74) is -0.491. The first-order valence-electron chi connectivity index (χ1n) is 9.07. The number of halogens is 3. The molecule has 1 heterocycles. The smallest absolute Gasteiger partial charge is 0.322 e. The van der Waals surface area contributed by atoms with Gasteiger partial charge in [0.15, 0.2) is 0 Å². The molecule has 29 heavy (non-hydrogen) atoms. The fraction of sp³-hybridized carbons (Fsp3) is 0.286. The first-order chi connectivity index (χ1) is 13.6. The Morgan fingerprint density at radius 3 is 2.38 bits per heavy atom. The Kier molecular flexibility index (Phi) is 5.46. The minimum Gasteiger partial charge on any atom is -0.322 e. The molecule has 3 rings (SSSR count). The van der Waals surface area contributed by atoms with Crippen LogP contribution in [0.1, 0.15) is 56.9 Å². The number of carbonyl (C=O) groups is 3. The first-order valence-corrected chi connectivity index (χ1v) is 9.07. The number of hydrogen-bond donors (Lipinski definition) is 1. The van der Waals surface area contributed by atoms with Crippen molar-refractivity contribution in [3.8, 4) is 0 Å². The molecule has 0 bridgehead atoms. The number of fused-ring (bicyclic) bond motifs is 1. The topological polar surface area (TPSA) is 66.5 Å². The summed E-state index contributed by atoms with van der Waals surface area (Å²) in [4.78, 5) is 38.6. The Morgan fingerprint density at radius 2 is 1.72 bits per heavy atom. The monoisotopic (exact) mass is 404 g/mol. The molecular formula is C21H19F3N2O3. The van der Waals surface area contributed by atoms with Crippen LogP contribution in [-0.4, -0.2) is 29.2 Å². The van der Waals surface area contributed by atoms with Gasteiger partial charge in [-0.15, -0.1) is 0 Å². The van der Waals surface area contributed by atoms with Gasteiger partial charge in [-0.25, -0.2) is 0 Å². The molecule has 0 atom stereocenters. The molecule has 0 saturated heterocycles. The molecule has 0 aromatic heterocycles. The van der Waals surface area contributed by atoms with Crippen LogP contribution < -0.4 is 5.32 Å². The number of imide groups is 1. The van der Waals surface area contributed by atoms with Crippen LogP contribution >= 0.6 is 0 Å². The minimum absolute atomic E-state index is 0.0220. The van der Waals surface area contributed by atoms with Crippen molar-refractivity contribution in [1.29, 1.82) is 0 Å². The lowest BCUT2D eigenvalue weighted by atomic mass is 10.1. The summed E-state index contributed by atoms with van der Waals surface area (Å²) in [6.07, 6.45) is -3.87. The van der Waals surface area contributed by atoms with Gasteiger partial charge < -0.3 is 5.32 Å². The maximum atomic E-state index is 12.8. The molecule has 0 radical (unpaired) electrons. The normalized spacial score (nSPS) is 13.8. The van der Waals surface area contributed by atoms with Gasteiger partial charge in [-0.05, 0) is 48.7 Å². The molecule has 152 valence electrons. The predicted octanol–water partition coefficient (Wildman–Crippen LogP) is 4.60. The molecule has 0 spiro atoms. The van der Waals surface area contributed by atoms with E-state index in [1.165, 1.54) is 30.3 Å². The molecule has 3 amide bonds. The minimum atomic E-state index is -4.53. The average Bonchev–Trinajstić information content (AvgIpc) is 2.89. The second kappa shape index (κ2) is 7.69. The van der Waals surface area contributed by atoms with Crippen LogP contribution in [0, 0.1) is 5.92 Å². The van der Waals surface area contributed by atoms with E-state index in [4.69, 9.17) is 0 Å². The maximum absolute atomic E-state index is 12.8. The van der Waals surface area contributed by atoms with E-state index in [1.807, 2.05) is 13.8 Å². The number of nitrogens with one attached hydrogen (secondary N) is 1. The van der Waals surface area contributed by atoms with Crippen molar-refractivity contribution in [3.05, 3.63) is 64.7 Å². The number of carbonyl (C=O) groups excluding carboxylic acids is 3. The summed E-state index contributed by atoms with van der Waals surface area (Å²) >= 11 is 0. The van der Waals surface area contributed by atoms with Crippen molar-refractivity contribution >= 4 is 23.4 Å². The van der Waals surface area contributed by atoms with Crippen molar-refractivity contribution in [1.82, 2.24) is 4.90 Å². The summed E-state index contributed by atoms with van der Waals surface area (Å²) in [6.45, 7) is 4.25. The van der Waals surface area contributed by atoms with E-state index in [0.717, 1.165) is 17.0 Å². The molecule has 0 aliphatic carbocycles. The van der Waals surface area contributed by atoms with Crippen molar-refractivity contribution in [2.45, 2.75) is 26.4 Å². The Labute approximate surface area is 165 Å². The van der Waals surface area contributed by atoms with Gasteiger partial charge in [0.25, 0.3) is 17.7 Å². The lowest BCUT2D eigenvalue weighted by molar-refractivity contribution is -0.137. The van der Waals surface area contributed by atoms with Gasteiger partial charge in [0.2, 0.25) is 0 Å². The molecule has 1 aliphatic rings. The zero-order valence-corrected chi connectivity index (χ0v) is 15.8. The summed E-state index contributed by atoms with van der Waals surface area (Å²) in [5.74, 6) is -1.24. The van der Waals surface area contributed by atoms with Gasteiger partial charge in [0, 0.05) is 17.8 Å². The highest BCUT2D eigenvalue weighted by molar-refractivity contribution is 6.22. The van der Waals surface area contributed by atoms with Crippen LogP contribution in [0.25, 0.3) is 0 Å². The Balaban J connectivity index is 1.80. The third kappa shape index (κ3) is 4.31. The summed E-state index contributed by atoms with van der Waals surface area (Å²) in [6, 6.07) is 8.33. The van der Waals surface area contributed by atoms with Gasteiger partial charge in [0.05, 0.1) is 16.7 Å². The number of hydrogen-bond acceptors (Lipinski definition) is 3. The summed E-state index contributed by atoms with van der Waals surface area (Å²) < 4.78 is 38.5. The number of alkyl halides is 3. The second-order valence-electron chi connectivity index (χ2n) is 7.24. The maximum Gasteiger partial charge on any atom is 0.416 e. The van der Waals surface area contributed by atoms with Crippen LogP contribution in [0.5, 0.6) is 0 Å². The standard InChI is InChI=1S/C21H19F3N2O3/c1-12(2)8-9-26-19(28)16-7-6-13(10-17(16)20(26)29)18(27)25-15-5-3-4-14(11-15)21(22,23)24/h3-7,10-12H,8-9H2,1-2H3,(H,25,27). The molecular weight excluding hydrogens is 385 g/mol. The van der Waals surface area contributed by atoms with Crippen molar-refractivity contribution in [2.75, 3.05) is 11.9 Å². The van der Waals surface area contributed by atoms with Gasteiger partial charge in [-0.1, -0.05) is 19.9 Å². The zero-order valence-electron chi connectivity index (χ0n) is 15.8. The number of nitrogens with zero attached hydrogens (tertiary/aromatic N) is 1. The second-order valence-corrected chi connectivity index (χ2v) is 7.24. The van der Waals surface area contributed by atoms with Gasteiger partial charge in [-0.3, -0.25) is 19.3 Å². The third-order valence-corrected chi connectivity index (χ3v) is 4.61. The Hall–Kier alpha value is -3.16. The number of anilines is 1. The fourth-order valence-corrected chi connectivity index (χ4v) is 3.00. The molecule has 0 saturated carbocycles. The SMILES string of the molecule is CC(C)CCN1C(=O)c2ccc(C(=O)Nc3cccc(C(F)(F)F)c3)cc2C1=O. The van der Waals surface area contributed by atoms with E-state index >= 15 is 0 Å². The quantitative estimate of drug-likeness (QED) is 0.741. The number of amides is 3. The molecule has 0 unspecified atom stereocenters. The first kappa shape index (κ1) is 20.6. The van der Waals surface area contributed by atoms with Gasteiger partial charge in [0.1, 0.15) is 0 Å². The van der Waals surface area contributed by atoms with Gasteiger partial charge >= 0.3 is 6.18 Å². The fourth-order valence-electron chi connectivity index (χ4n) is 3.00. The van der Waals surface area contributed by atoms with Crippen LogP contribution in [0.4, 0.5) is 18.9 Å². The van der Waals surface area contributed by atoms with Crippen LogP contribution in [-0.2, 0) is 6.18 Å². The largest absolute Gasteiger partial charge is 0.416 e. The van der Waals surface area contributed by atoms with Gasteiger partial charge in [-0.2, -0.15) is 13.2 Å². The van der Waals surface area contributed by atoms with Crippen LogP contribution in [0.3, 0.4) is 0 Å². The van der Waals surface area contributed by atoms with E-state index in [9.17, 15) is 27.6 Å². The van der Waals surface area contributed by atoms with Crippen molar-refractivity contribution in [3.63, 3.8) is 0 Å². The van der Waals surface area contributed by atoms with E-state index in [-0.39, 0.29) is 28.9 Å². The Morgan fingerprint density at radius 1 is 1.03 bits per heavy atom. The molecule has 2 aromatic carbocycles. The Bertz CT molecular complexity index is 983.